The van der Waals surface area contributed by atoms with Crippen LogP contribution in [0.2, 0.25) is 0 Å². The summed E-state index contributed by atoms with van der Waals surface area (Å²) in [6.07, 6.45) is 0.786. The first-order valence-corrected chi connectivity index (χ1v) is 6.33. The number of nitrogens with zero attached hydrogens (tertiary/aromatic N) is 1. The van der Waals surface area contributed by atoms with Crippen molar-refractivity contribution < 1.29 is 23.9 Å². The van der Waals surface area contributed by atoms with Gasteiger partial charge < -0.3 is 9.84 Å². The molecule has 0 saturated carbocycles. The van der Waals surface area contributed by atoms with E-state index in [0.29, 0.717) is 13.0 Å². The highest BCUT2D eigenvalue weighted by Gasteiger charge is 2.50. The Morgan fingerprint density at radius 1 is 1.37 bits per heavy atom. The minimum atomic E-state index is -0.934. The van der Waals surface area contributed by atoms with Gasteiger partial charge in [-0.2, -0.15) is 4.79 Å². The third kappa shape index (κ3) is 2.76. The van der Waals surface area contributed by atoms with E-state index in [1.165, 1.54) is 0 Å². The maximum atomic E-state index is 12.1. The monoisotopic (exact) mass is 264 g/mol. The lowest BCUT2D eigenvalue weighted by atomic mass is 10.2. The molecule has 1 unspecified atom stereocenters. The molecule has 1 aromatic rings. The quantitative estimate of drug-likeness (QED) is 0.848. The predicted octanol–water partition coefficient (Wildman–Crippen LogP) is 2.02. The van der Waals surface area contributed by atoms with Crippen LogP contribution in [-0.2, 0) is 16.1 Å². The molecule has 0 aliphatic carbocycles. The highest BCUT2D eigenvalue weighted by molar-refractivity contribution is 5.75. The van der Waals surface area contributed by atoms with Gasteiger partial charge in [-0.05, 0) is 5.56 Å². The largest absolute Gasteiger partial charge is 0.516 e. The number of carbonyl (C=O) groups excluding carboxylic acids is 1. The van der Waals surface area contributed by atoms with Gasteiger partial charge in [0.1, 0.15) is 6.61 Å². The van der Waals surface area contributed by atoms with Gasteiger partial charge in [-0.1, -0.05) is 30.3 Å². The Kier molecular flexibility index (Phi) is 3.85. The number of rotatable bonds is 3. The van der Waals surface area contributed by atoms with E-state index in [0.717, 1.165) is 12.0 Å². The van der Waals surface area contributed by atoms with Crippen molar-refractivity contribution in [2.24, 2.45) is 0 Å². The molecule has 5 nitrogen and oxygen atoms in total. The first-order chi connectivity index (χ1) is 9.04. The molecule has 0 spiro atoms. The second-order valence-electron chi connectivity index (χ2n) is 5.03. The number of carboxylic acid groups (broad SMARTS) is 1. The Morgan fingerprint density at radius 3 is 2.68 bits per heavy atom. The van der Waals surface area contributed by atoms with Crippen molar-refractivity contribution in [3.8, 4) is 0 Å². The van der Waals surface area contributed by atoms with Gasteiger partial charge in [0.05, 0.1) is 13.6 Å². The molecule has 1 aliphatic heterocycles. The molecule has 5 heteroatoms. The molecular weight excluding hydrogens is 246 g/mol. The lowest BCUT2D eigenvalue weighted by Crippen LogP contribution is -2.55. The molecule has 102 valence electrons. The van der Waals surface area contributed by atoms with Gasteiger partial charge in [-0.15, -0.1) is 0 Å². The molecule has 1 aliphatic rings. The second kappa shape index (κ2) is 5.40. The average molecular weight is 264 g/mol. The fourth-order valence-corrected chi connectivity index (χ4v) is 2.51. The summed E-state index contributed by atoms with van der Waals surface area (Å²) in [4.78, 5) is 23.3. The van der Waals surface area contributed by atoms with Gasteiger partial charge in [0.25, 0.3) is 0 Å². The zero-order valence-electron chi connectivity index (χ0n) is 10.9. The lowest BCUT2D eigenvalue weighted by Gasteiger charge is -2.29. The van der Waals surface area contributed by atoms with Crippen LogP contribution in [0.5, 0.6) is 0 Å². The van der Waals surface area contributed by atoms with Crippen LogP contribution >= 0.6 is 0 Å². The van der Waals surface area contributed by atoms with Crippen LogP contribution in [0.4, 0.5) is 4.79 Å². The van der Waals surface area contributed by atoms with Gasteiger partial charge in [-0.25, -0.2) is 9.28 Å². The first kappa shape index (κ1) is 13.5. The van der Waals surface area contributed by atoms with Crippen molar-refractivity contribution in [2.45, 2.75) is 25.5 Å². The van der Waals surface area contributed by atoms with Crippen LogP contribution in [0, 0.1) is 0 Å². The molecular formula is C14H18NO4+. The van der Waals surface area contributed by atoms with E-state index in [9.17, 15) is 9.59 Å². The van der Waals surface area contributed by atoms with E-state index in [4.69, 9.17) is 9.84 Å². The second-order valence-corrected chi connectivity index (χ2v) is 5.03. The van der Waals surface area contributed by atoms with E-state index >= 15 is 0 Å². The van der Waals surface area contributed by atoms with Gasteiger partial charge in [0.2, 0.25) is 0 Å². The number of benzene rings is 1. The molecule has 1 amide bonds. The number of carboxylic acids is 1. The Labute approximate surface area is 112 Å². The number of hydrogen-bond donors (Lipinski definition) is 1. The van der Waals surface area contributed by atoms with Gasteiger partial charge in [0.15, 0.2) is 6.04 Å². The van der Waals surface area contributed by atoms with Gasteiger partial charge in [-0.3, -0.25) is 0 Å². The van der Waals surface area contributed by atoms with E-state index in [1.807, 2.05) is 30.3 Å². The molecule has 1 aromatic carbocycles. The highest BCUT2D eigenvalue weighted by Crippen LogP contribution is 2.26. The van der Waals surface area contributed by atoms with Crippen LogP contribution in [-0.4, -0.2) is 41.3 Å². The molecule has 1 fully saturated rings. The van der Waals surface area contributed by atoms with E-state index < -0.39 is 18.1 Å². The number of hydrogen-bond acceptors (Lipinski definition) is 3. The first-order valence-electron chi connectivity index (χ1n) is 6.33. The molecule has 0 bridgehead atoms. The summed E-state index contributed by atoms with van der Waals surface area (Å²) in [5, 5.41) is 9.16. The van der Waals surface area contributed by atoms with Crippen LogP contribution in [0.15, 0.2) is 30.3 Å². The molecule has 0 aromatic heterocycles. The summed E-state index contributed by atoms with van der Waals surface area (Å²) < 4.78 is 5.10. The molecule has 2 rings (SSSR count). The minimum absolute atomic E-state index is 0.165. The summed E-state index contributed by atoms with van der Waals surface area (Å²) in [5.74, 6) is -0.934. The number of likely N-dealkylation sites (tertiary alicyclic amines) is 1. The number of ether oxygens (including phenoxy) is 1. The van der Waals surface area contributed by atoms with Crippen molar-refractivity contribution in [1.29, 1.82) is 0 Å². The normalized spacial score (nSPS) is 26.1. The SMILES string of the molecule is C[N@+]1(C(=O)OCc2ccccc2)CCCC1C(=O)O. The van der Waals surface area contributed by atoms with E-state index in [-0.39, 0.29) is 11.1 Å². The van der Waals surface area contributed by atoms with Crippen molar-refractivity contribution >= 4 is 12.1 Å². The summed E-state index contributed by atoms with van der Waals surface area (Å²) >= 11 is 0. The lowest BCUT2D eigenvalue weighted by molar-refractivity contribution is -0.841. The van der Waals surface area contributed by atoms with Crippen molar-refractivity contribution in [1.82, 2.24) is 0 Å². The van der Waals surface area contributed by atoms with Crippen LogP contribution in [0.1, 0.15) is 18.4 Å². The zero-order valence-corrected chi connectivity index (χ0v) is 10.9. The summed E-state index contributed by atoms with van der Waals surface area (Å²) in [6, 6.07) is 8.67. The fraction of sp³-hybridized carbons (Fsp3) is 0.429. The van der Waals surface area contributed by atoms with E-state index in [2.05, 4.69) is 0 Å². The number of aliphatic carboxylic acids is 1. The third-order valence-corrected chi connectivity index (χ3v) is 3.70. The Bertz CT molecular complexity index is 474. The van der Waals surface area contributed by atoms with E-state index in [1.54, 1.807) is 7.05 Å². The molecule has 1 N–H and O–H groups in total. The van der Waals surface area contributed by atoms with Gasteiger partial charge in [0, 0.05) is 12.8 Å². The number of likely N-dealkylation sites (N-methyl/N-ethyl adjacent to an activating group) is 1. The molecule has 0 radical (unpaired) electrons. The fourth-order valence-electron chi connectivity index (χ4n) is 2.51. The number of amides is 1. The highest BCUT2D eigenvalue weighted by atomic mass is 16.6. The minimum Gasteiger partial charge on any atom is -0.477 e. The Morgan fingerprint density at radius 2 is 2.05 bits per heavy atom. The zero-order chi connectivity index (χ0) is 13.9. The van der Waals surface area contributed by atoms with Crippen molar-refractivity contribution in [3.63, 3.8) is 0 Å². The van der Waals surface area contributed by atoms with Gasteiger partial charge >= 0.3 is 12.1 Å². The van der Waals surface area contributed by atoms with Crippen molar-refractivity contribution in [3.05, 3.63) is 35.9 Å². The smallest absolute Gasteiger partial charge is 0.477 e. The molecule has 19 heavy (non-hydrogen) atoms. The molecule has 1 saturated heterocycles. The standard InChI is InChI=1S/C14H17NO4/c1-15(9-5-8-12(15)13(16)17)14(18)19-10-11-6-3-2-4-7-11/h2-4,6-7,12H,5,8-10H2,1H3/p+1/t12?,15-/m0/s1. The third-order valence-electron chi connectivity index (χ3n) is 3.70. The van der Waals surface area contributed by atoms with Crippen LogP contribution in [0.25, 0.3) is 0 Å². The number of quaternary nitrogens is 1. The Hall–Kier alpha value is -1.88. The summed E-state index contributed by atoms with van der Waals surface area (Å²) in [6.45, 7) is 0.699. The van der Waals surface area contributed by atoms with Crippen LogP contribution < -0.4 is 0 Å². The Balaban J connectivity index is 2.01. The maximum Gasteiger partial charge on any atom is 0.516 e. The predicted molar refractivity (Wildman–Crippen MR) is 68.3 cm³/mol. The topological polar surface area (TPSA) is 63.6 Å². The molecule has 1 heterocycles. The summed E-state index contributed by atoms with van der Waals surface area (Å²) in [5.41, 5.74) is 0.897. The van der Waals surface area contributed by atoms with Crippen LogP contribution in [0.3, 0.4) is 0 Å². The maximum absolute atomic E-state index is 12.1. The average Bonchev–Trinajstić information content (AvgIpc) is 2.81. The number of carbonyl (C=O) groups is 2. The summed E-state index contributed by atoms with van der Waals surface area (Å²) in [7, 11) is 1.64. The van der Waals surface area contributed by atoms with Crippen molar-refractivity contribution in [2.75, 3.05) is 13.6 Å². The molecule has 2 atom stereocenters.